The van der Waals surface area contributed by atoms with E-state index in [4.69, 9.17) is 26.2 Å². The average molecular weight is 808 g/mol. The molecule has 1 aliphatic heterocycles. The fourth-order valence-electron chi connectivity index (χ4n) is 8.86. The molecular formula is C50H47N3OSi3. The summed E-state index contributed by atoms with van der Waals surface area (Å²) in [5.41, 5.74) is -5.61. The second kappa shape index (κ2) is 14.0. The Morgan fingerprint density at radius 2 is 1.19 bits per heavy atom. The van der Waals surface area contributed by atoms with Crippen molar-refractivity contribution in [3.05, 3.63) is 187 Å². The van der Waals surface area contributed by atoms with Gasteiger partial charge in [-0.2, -0.15) is 0 Å². The van der Waals surface area contributed by atoms with E-state index in [0.717, 1.165) is 28.1 Å². The Bertz CT molecular complexity index is 3550. The van der Waals surface area contributed by atoms with Crippen molar-refractivity contribution in [2.24, 2.45) is 0 Å². The third-order valence-corrected chi connectivity index (χ3v) is 18.9. The molecule has 7 aromatic carbocycles. The number of ether oxygens (including phenoxy) is 1. The van der Waals surface area contributed by atoms with Crippen molar-refractivity contribution in [3.63, 3.8) is 0 Å². The maximum atomic E-state index is 10.4. The summed E-state index contributed by atoms with van der Waals surface area (Å²) in [7, 11) is -17.7. The van der Waals surface area contributed by atoms with Crippen LogP contribution in [0.4, 0.5) is 0 Å². The van der Waals surface area contributed by atoms with Crippen LogP contribution >= 0.6 is 0 Å². The van der Waals surface area contributed by atoms with Gasteiger partial charge >= 0.3 is 0 Å². The van der Waals surface area contributed by atoms with Gasteiger partial charge in [-0.15, -0.1) is 0 Å². The Balaban J connectivity index is 1.41. The van der Waals surface area contributed by atoms with Crippen molar-refractivity contribution >= 4 is 75.4 Å². The van der Waals surface area contributed by atoms with E-state index in [1.807, 2.05) is 138 Å². The van der Waals surface area contributed by atoms with Gasteiger partial charge in [0.1, 0.15) is 11.5 Å². The number of hydrogen-bond acceptors (Lipinski definition) is 2. The van der Waals surface area contributed by atoms with Crippen molar-refractivity contribution in [1.29, 1.82) is 4.94 Å². The molecular weight excluding hydrogens is 743 g/mol. The summed E-state index contributed by atoms with van der Waals surface area (Å²) in [6.45, 7) is -16.3. The zero-order valence-corrected chi connectivity index (χ0v) is 33.5. The van der Waals surface area contributed by atoms with Crippen LogP contribution in [0, 0.1) is 0 Å². The minimum absolute atomic E-state index is 0.272. The van der Waals surface area contributed by atoms with Gasteiger partial charge in [-0.1, -0.05) is 172 Å². The molecule has 7 heteroatoms. The molecule has 3 heterocycles. The van der Waals surface area contributed by atoms with Crippen LogP contribution < -0.4 is 25.5 Å². The topological polar surface area (TPSA) is 31.5 Å². The normalized spacial score (nSPS) is 20.1. The molecule has 9 aromatic rings. The zero-order chi connectivity index (χ0) is 54.2. The Morgan fingerprint density at radius 3 is 1.91 bits per heavy atom. The van der Waals surface area contributed by atoms with Gasteiger partial charge in [0.2, 0.25) is 5.78 Å². The molecule has 0 aliphatic carbocycles. The van der Waals surface area contributed by atoms with Gasteiger partial charge < -0.3 is 4.74 Å². The number of imidazole rings is 2. The molecule has 0 saturated heterocycles. The smallest absolute Gasteiger partial charge is 0.220 e. The highest BCUT2D eigenvalue weighted by atomic mass is 28.3. The standard InChI is InChI=1S/C50H47N3OSi3/c1-34(2)55-50(56-35(3)4)40-25-11-16-31-46(40)54-48-41(50)26-18-32-47(48)57(37-20-7-5-8-21-37,38-22-9-6-10-23-38)39-24-17-19-36(33-39)52-44-29-14-15-30-45(44)53-43-28-13-12-27-42(43)51-49(52)53/h5-35H,55-56H2,1-4H3/i1D3,2D3,3D3,4D3,34D,35D,55D2,56D2. The molecule has 0 atom stereocenters. The van der Waals surface area contributed by atoms with E-state index in [0.29, 0.717) is 27.0 Å². The van der Waals surface area contributed by atoms with E-state index in [-0.39, 0.29) is 16.7 Å². The highest BCUT2D eigenvalue weighted by Gasteiger charge is 2.49. The van der Waals surface area contributed by atoms with E-state index >= 15 is 0 Å². The van der Waals surface area contributed by atoms with Crippen LogP contribution in [0.5, 0.6) is 11.5 Å². The van der Waals surface area contributed by atoms with Crippen LogP contribution in [0.2, 0.25) is 11.0 Å². The summed E-state index contributed by atoms with van der Waals surface area (Å²) in [4.78, 5) is 5.11. The fourth-order valence-corrected chi connectivity index (χ4v) is 16.9. The molecule has 0 unspecified atom stereocenters. The van der Waals surface area contributed by atoms with Crippen molar-refractivity contribution in [2.45, 2.75) is 43.1 Å². The second-order valence-corrected chi connectivity index (χ2v) is 21.4. The Labute approximate surface area is 365 Å². The quantitative estimate of drug-likeness (QED) is 0.109. The second-order valence-electron chi connectivity index (χ2n) is 14.1. The molecule has 0 spiro atoms. The molecule has 0 radical (unpaired) electrons. The summed E-state index contributed by atoms with van der Waals surface area (Å²) in [5, 5.41) is 2.34. The lowest BCUT2D eigenvalue weighted by Gasteiger charge is -2.45. The van der Waals surface area contributed by atoms with Crippen LogP contribution in [0.25, 0.3) is 33.5 Å². The van der Waals surface area contributed by atoms with Crippen molar-refractivity contribution in [1.82, 2.24) is 14.0 Å². The molecule has 4 nitrogen and oxygen atoms in total. The number of benzene rings is 7. The fraction of sp³-hybridized carbons (Fsp3) is 0.140. The van der Waals surface area contributed by atoms with Crippen LogP contribution in [0.1, 0.15) is 57.7 Å². The summed E-state index contributed by atoms with van der Waals surface area (Å²) in [6, 6.07) is 51.4. The highest BCUT2D eigenvalue weighted by Crippen LogP contribution is 2.49. The third-order valence-electron chi connectivity index (χ3n) is 11.0. The average Bonchev–Trinajstić information content (AvgIpc) is 3.89. The maximum Gasteiger partial charge on any atom is 0.220 e. The van der Waals surface area contributed by atoms with Gasteiger partial charge in [0.25, 0.3) is 0 Å². The predicted octanol–water partition coefficient (Wildman–Crippen LogP) is 8.11. The molecule has 0 fully saturated rings. The monoisotopic (exact) mass is 807 g/mol. The van der Waals surface area contributed by atoms with Crippen LogP contribution in [0.3, 0.4) is 0 Å². The molecule has 57 heavy (non-hydrogen) atoms. The first kappa shape index (κ1) is 21.1. The van der Waals surface area contributed by atoms with Crippen molar-refractivity contribution in [2.75, 3.05) is 0 Å². The van der Waals surface area contributed by atoms with E-state index in [1.165, 1.54) is 30.3 Å². The lowest BCUT2D eigenvalue weighted by molar-refractivity contribution is 0.454. The van der Waals surface area contributed by atoms with E-state index in [2.05, 4.69) is 4.40 Å². The third kappa shape index (κ3) is 5.55. The zero-order valence-electron chi connectivity index (χ0n) is 48.5. The molecule has 280 valence electrons. The van der Waals surface area contributed by atoms with Gasteiger partial charge in [0.05, 0.1) is 22.1 Å². The molecule has 0 amide bonds. The number of hydrogen-bond donors (Lipinski definition) is 0. The highest BCUT2D eigenvalue weighted by molar-refractivity contribution is 7.20. The Hall–Kier alpha value is -5.74. The minimum atomic E-state index is -6.78. The lowest BCUT2D eigenvalue weighted by Crippen LogP contribution is -2.75. The number of aromatic nitrogens is 3. The number of nitrogens with zero attached hydrogens (tertiary/aromatic N) is 3. The first-order valence-corrected chi connectivity index (χ1v) is 22.6. The molecule has 2 aromatic heterocycles. The Kier molecular flexibility index (Phi) is 5.20. The molecule has 1 aliphatic rings. The van der Waals surface area contributed by atoms with Gasteiger partial charge in [0.15, 0.2) is 8.07 Å². The summed E-state index contributed by atoms with van der Waals surface area (Å²) in [6.07, 6.45) is 0. The first-order chi connectivity index (χ1) is 35.1. The van der Waals surface area contributed by atoms with Gasteiger partial charge in [0, 0.05) is 53.2 Å². The minimum Gasteiger partial charge on any atom is -0.457 e. The SMILES string of the molecule is [2H]C([2H])([2H])C([2H])(C([2H])([2H])[2H])[Si]([2H])([2H])C1([Si]([2H])([2H])C([2H])(C([2H])([2H])[2H])C([2H])([2H])[2H])c2ccccc2Oc2c1cccc2[Si](c1ccccc1)(c1ccccc1)c1cccc(-n2c3ccccc3n3c4ccccc4nc23)c1. The van der Waals surface area contributed by atoms with Crippen LogP contribution in [-0.4, -0.2) is 45.7 Å². The summed E-state index contributed by atoms with van der Waals surface area (Å²) < 4.78 is 174. The van der Waals surface area contributed by atoms with E-state index in [9.17, 15) is 7.68 Å². The number of fused-ring (bicyclic) bond motifs is 7. The predicted molar refractivity (Wildman–Crippen MR) is 248 cm³/mol. The molecule has 0 N–H and O–H groups in total. The van der Waals surface area contributed by atoms with E-state index < -0.39 is 81.1 Å². The van der Waals surface area contributed by atoms with E-state index in [1.54, 1.807) is 6.07 Å². The van der Waals surface area contributed by atoms with Crippen molar-refractivity contribution < 1.29 is 23.9 Å². The number of rotatable bonds is 9. The van der Waals surface area contributed by atoms with Crippen molar-refractivity contribution in [3.8, 4) is 17.2 Å². The lowest BCUT2D eigenvalue weighted by atomic mass is 9.98. The van der Waals surface area contributed by atoms with Crippen LogP contribution in [0.15, 0.2) is 176 Å². The molecule has 10 rings (SSSR count). The first-order valence-electron chi connectivity index (χ1n) is 27.6. The largest absolute Gasteiger partial charge is 0.457 e. The van der Waals surface area contributed by atoms with Crippen LogP contribution in [-0.2, 0) is 4.66 Å². The van der Waals surface area contributed by atoms with Gasteiger partial charge in [-0.05, 0) is 74.3 Å². The summed E-state index contributed by atoms with van der Waals surface area (Å²) in [5.74, 6) is -0.0847. The van der Waals surface area contributed by atoms with Gasteiger partial charge in [-0.25, -0.2) is 4.98 Å². The Morgan fingerprint density at radius 1 is 0.614 bits per heavy atom. The van der Waals surface area contributed by atoms with Gasteiger partial charge in [-0.3, -0.25) is 8.97 Å². The number of para-hydroxylation sites is 6. The molecule has 0 saturated carbocycles. The maximum absolute atomic E-state index is 10.4. The summed E-state index contributed by atoms with van der Waals surface area (Å²) >= 11 is 0. The molecule has 0 bridgehead atoms.